The summed E-state index contributed by atoms with van der Waals surface area (Å²) in [5.74, 6) is 0.351. The molecular formula is C7H10N4O. The van der Waals surface area contributed by atoms with Gasteiger partial charge in [-0.05, 0) is 6.42 Å². The van der Waals surface area contributed by atoms with Crippen LogP contribution in [0.4, 0.5) is 5.82 Å². The summed E-state index contributed by atoms with van der Waals surface area (Å²) in [6.45, 7) is 1.69. The predicted octanol–water partition coefficient (Wildman–Crippen LogP) is -0.162. The van der Waals surface area contributed by atoms with Crippen LogP contribution < -0.4 is 5.73 Å². The number of aromatic amines is 1. The van der Waals surface area contributed by atoms with Crippen LogP contribution in [-0.4, -0.2) is 34.1 Å². The van der Waals surface area contributed by atoms with Gasteiger partial charge in [0.2, 0.25) is 0 Å². The minimum atomic E-state index is -0.00884. The maximum atomic E-state index is 11.4. The van der Waals surface area contributed by atoms with E-state index in [1.54, 1.807) is 11.0 Å². The molecule has 0 unspecified atom stereocenters. The van der Waals surface area contributed by atoms with Crippen molar-refractivity contribution in [1.82, 2.24) is 15.1 Å². The summed E-state index contributed by atoms with van der Waals surface area (Å²) in [7, 11) is 0. The van der Waals surface area contributed by atoms with Crippen LogP contribution in [0.1, 0.15) is 16.9 Å². The van der Waals surface area contributed by atoms with E-state index >= 15 is 0 Å². The number of nitrogens with one attached hydrogen (secondary N) is 1. The van der Waals surface area contributed by atoms with E-state index < -0.39 is 0 Å². The molecule has 1 saturated heterocycles. The molecule has 1 aliphatic heterocycles. The normalized spacial score (nSPS) is 15.8. The number of aromatic nitrogens is 2. The Labute approximate surface area is 69.5 Å². The van der Waals surface area contributed by atoms with Crippen LogP contribution in [0.2, 0.25) is 0 Å². The fourth-order valence-corrected chi connectivity index (χ4v) is 1.14. The summed E-state index contributed by atoms with van der Waals surface area (Å²) < 4.78 is 0. The van der Waals surface area contributed by atoms with Gasteiger partial charge >= 0.3 is 0 Å². The van der Waals surface area contributed by atoms with Crippen molar-refractivity contribution >= 4 is 11.7 Å². The molecule has 0 aliphatic carbocycles. The van der Waals surface area contributed by atoms with Gasteiger partial charge in [0.1, 0.15) is 11.5 Å². The van der Waals surface area contributed by atoms with Crippen LogP contribution >= 0.6 is 0 Å². The van der Waals surface area contributed by atoms with E-state index in [0.717, 1.165) is 19.5 Å². The Morgan fingerprint density at radius 2 is 2.42 bits per heavy atom. The summed E-state index contributed by atoms with van der Waals surface area (Å²) in [6, 6.07) is 1.56. The first-order chi connectivity index (χ1) is 5.77. The minimum Gasteiger partial charge on any atom is -0.382 e. The number of nitrogens with zero attached hydrogens (tertiary/aromatic N) is 2. The monoisotopic (exact) mass is 166 g/mol. The lowest BCUT2D eigenvalue weighted by Gasteiger charge is -2.30. The Hall–Kier alpha value is -1.52. The zero-order valence-electron chi connectivity index (χ0n) is 6.58. The van der Waals surface area contributed by atoms with Gasteiger partial charge in [-0.25, -0.2) is 0 Å². The Kier molecular flexibility index (Phi) is 1.49. The molecule has 1 fully saturated rings. The second-order valence-electron chi connectivity index (χ2n) is 2.85. The predicted molar refractivity (Wildman–Crippen MR) is 43.5 cm³/mol. The summed E-state index contributed by atoms with van der Waals surface area (Å²) in [5, 5.41) is 6.27. The molecule has 5 nitrogen and oxygen atoms in total. The average molecular weight is 166 g/mol. The quantitative estimate of drug-likeness (QED) is 0.608. The molecule has 1 aromatic rings. The van der Waals surface area contributed by atoms with Gasteiger partial charge < -0.3 is 10.6 Å². The topological polar surface area (TPSA) is 75.0 Å². The van der Waals surface area contributed by atoms with E-state index in [1.165, 1.54) is 0 Å². The molecule has 3 N–H and O–H groups in total. The maximum Gasteiger partial charge on any atom is 0.271 e. The highest BCUT2D eigenvalue weighted by Gasteiger charge is 2.22. The number of amides is 1. The largest absolute Gasteiger partial charge is 0.382 e. The molecule has 0 aromatic carbocycles. The summed E-state index contributed by atoms with van der Waals surface area (Å²) in [5.41, 5.74) is 5.84. The fraction of sp³-hybridized carbons (Fsp3) is 0.429. The van der Waals surface area contributed by atoms with Crippen molar-refractivity contribution in [3.63, 3.8) is 0 Å². The summed E-state index contributed by atoms with van der Waals surface area (Å²) >= 11 is 0. The highest BCUT2D eigenvalue weighted by atomic mass is 16.2. The number of nitrogen functional groups attached to an aromatic ring is 1. The summed E-state index contributed by atoms with van der Waals surface area (Å²) in [4.78, 5) is 13.2. The lowest BCUT2D eigenvalue weighted by atomic mass is 10.2. The van der Waals surface area contributed by atoms with E-state index in [4.69, 9.17) is 5.73 Å². The van der Waals surface area contributed by atoms with Gasteiger partial charge in [-0.15, -0.1) is 0 Å². The molecule has 2 heterocycles. The van der Waals surface area contributed by atoms with E-state index in [-0.39, 0.29) is 5.91 Å². The number of likely N-dealkylation sites (tertiary alicyclic amines) is 1. The fourth-order valence-electron chi connectivity index (χ4n) is 1.14. The molecule has 0 spiro atoms. The average Bonchev–Trinajstić information content (AvgIpc) is 2.31. The van der Waals surface area contributed by atoms with Crippen molar-refractivity contribution in [3.8, 4) is 0 Å². The zero-order chi connectivity index (χ0) is 8.55. The highest BCUT2D eigenvalue weighted by Crippen LogP contribution is 2.11. The molecule has 12 heavy (non-hydrogen) atoms. The second kappa shape index (κ2) is 2.51. The first-order valence-corrected chi connectivity index (χ1v) is 3.87. The van der Waals surface area contributed by atoms with Gasteiger partial charge in [0, 0.05) is 19.2 Å². The van der Waals surface area contributed by atoms with E-state index in [2.05, 4.69) is 10.2 Å². The third-order valence-corrected chi connectivity index (χ3v) is 1.97. The highest BCUT2D eigenvalue weighted by molar-refractivity contribution is 5.93. The van der Waals surface area contributed by atoms with Crippen LogP contribution in [0.3, 0.4) is 0 Å². The Balaban J connectivity index is 2.13. The van der Waals surface area contributed by atoms with E-state index in [9.17, 15) is 4.79 Å². The lowest BCUT2D eigenvalue weighted by Crippen LogP contribution is -2.42. The van der Waals surface area contributed by atoms with Crippen LogP contribution in [0.5, 0.6) is 0 Å². The smallest absolute Gasteiger partial charge is 0.271 e. The van der Waals surface area contributed by atoms with E-state index in [0.29, 0.717) is 11.5 Å². The standard InChI is InChI=1S/C7H10N4O/c8-6-4-5(9-10-6)7(12)11-2-1-3-11/h4H,1-3H2,(H3,8,9,10). The number of carbonyl (C=O) groups is 1. The van der Waals surface area contributed by atoms with Crippen LogP contribution in [0, 0.1) is 0 Å². The van der Waals surface area contributed by atoms with Crippen molar-refractivity contribution in [2.45, 2.75) is 6.42 Å². The second-order valence-corrected chi connectivity index (χ2v) is 2.85. The third-order valence-electron chi connectivity index (χ3n) is 1.97. The first kappa shape index (κ1) is 7.15. The van der Waals surface area contributed by atoms with Gasteiger partial charge in [0.05, 0.1) is 0 Å². The van der Waals surface area contributed by atoms with Crippen LogP contribution in [-0.2, 0) is 0 Å². The number of rotatable bonds is 1. The van der Waals surface area contributed by atoms with Crippen molar-refractivity contribution in [1.29, 1.82) is 0 Å². The Bertz CT molecular complexity index is 302. The number of carbonyl (C=O) groups excluding carboxylic acids is 1. The SMILES string of the molecule is Nc1cc(C(=O)N2CCC2)[nH]n1. The van der Waals surface area contributed by atoms with Crippen molar-refractivity contribution in [2.24, 2.45) is 0 Å². The van der Waals surface area contributed by atoms with Crippen molar-refractivity contribution < 1.29 is 4.79 Å². The molecular weight excluding hydrogens is 156 g/mol. The van der Waals surface area contributed by atoms with Crippen LogP contribution in [0.25, 0.3) is 0 Å². The van der Waals surface area contributed by atoms with Crippen molar-refractivity contribution in [2.75, 3.05) is 18.8 Å². The van der Waals surface area contributed by atoms with Crippen molar-refractivity contribution in [3.05, 3.63) is 11.8 Å². The molecule has 1 amide bonds. The number of anilines is 1. The minimum absolute atomic E-state index is 0.00884. The van der Waals surface area contributed by atoms with Gasteiger partial charge in [-0.2, -0.15) is 5.10 Å². The molecule has 5 heteroatoms. The summed E-state index contributed by atoms with van der Waals surface area (Å²) in [6.07, 6.45) is 1.09. The number of hydrogen-bond acceptors (Lipinski definition) is 3. The lowest BCUT2D eigenvalue weighted by molar-refractivity contribution is 0.0645. The van der Waals surface area contributed by atoms with Gasteiger partial charge in [0.25, 0.3) is 5.91 Å². The third kappa shape index (κ3) is 1.03. The Morgan fingerprint density at radius 3 is 2.83 bits per heavy atom. The first-order valence-electron chi connectivity index (χ1n) is 3.87. The van der Waals surface area contributed by atoms with Gasteiger partial charge in [-0.1, -0.05) is 0 Å². The molecule has 0 saturated carbocycles. The molecule has 1 aliphatic rings. The van der Waals surface area contributed by atoms with Crippen LogP contribution in [0.15, 0.2) is 6.07 Å². The zero-order valence-corrected chi connectivity index (χ0v) is 6.58. The molecule has 64 valence electrons. The molecule has 0 atom stereocenters. The number of nitrogens with two attached hydrogens (primary N) is 1. The Morgan fingerprint density at radius 1 is 1.67 bits per heavy atom. The number of hydrogen-bond donors (Lipinski definition) is 2. The molecule has 1 aromatic heterocycles. The van der Waals surface area contributed by atoms with E-state index in [1.807, 2.05) is 0 Å². The molecule has 0 radical (unpaired) electrons. The molecule has 2 rings (SSSR count). The van der Waals surface area contributed by atoms with Gasteiger partial charge in [-0.3, -0.25) is 9.89 Å². The maximum absolute atomic E-state index is 11.4. The van der Waals surface area contributed by atoms with Gasteiger partial charge in [0.15, 0.2) is 0 Å². The number of H-pyrrole nitrogens is 1. The molecule has 0 bridgehead atoms.